The molecule has 0 saturated carbocycles. The summed E-state index contributed by atoms with van der Waals surface area (Å²) < 4.78 is 18.9. The van der Waals surface area contributed by atoms with E-state index in [2.05, 4.69) is 25.3 Å². The molecule has 4 rings (SSSR count). The number of fused-ring (bicyclic) bond motifs is 1. The maximum Gasteiger partial charge on any atom is 0.230 e. The van der Waals surface area contributed by atoms with E-state index in [1.165, 1.54) is 12.4 Å². The van der Waals surface area contributed by atoms with E-state index in [1.807, 2.05) is 4.90 Å². The summed E-state index contributed by atoms with van der Waals surface area (Å²) in [5.74, 6) is -0.126. The van der Waals surface area contributed by atoms with Crippen LogP contribution in [0.4, 0.5) is 16.2 Å². The van der Waals surface area contributed by atoms with Gasteiger partial charge in [-0.15, -0.1) is 0 Å². The van der Waals surface area contributed by atoms with Crippen molar-refractivity contribution in [1.82, 2.24) is 19.9 Å². The molecule has 0 bridgehead atoms. The summed E-state index contributed by atoms with van der Waals surface area (Å²) in [6.45, 7) is 1.08. The van der Waals surface area contributed by atoms with Gasteiger partial charge in [0.25, 0.3) is 0 Å². The van der Waals surface area contributed by atoms with Crippen LogP contribution in [-0.2, 0) is 9.53 Å². The number of hydrogen-bond donors (Lipinski definition) is 1. The second-order valence-corrected chi connectivity index (χ2v) is 6.13. The van der Waals surface area contributed by atoms with Crippen molar-refractivity contribution in [2.45, 2.75) is 25.0 Å². The van der Waals surface area contributed by atoms with E-state index >= 15 is 0 Å². The first-order valence-corrected chi connectivity index (χ1v) is 8.13. The molecule has 2 aromatic heterocycles. The van der Waals surface area contributed by atoms with E-state index in [0.717, 1.165) is 18.8 Å². The molecule has 0 spiro atoms. The third-order valence-corrected chi connectivity index (χ3v) is 4.56. The van der Waals surface area contributed by atoms with Crippen LogP contribution >= 0.6 is 0 Å². The Morgan fingerprint density at radius 3 is 2.84 bits per heavy atom. The molecule has 8 nitrogen and oxygen atoms in total. The number of halogens is 1. The van der Waals surface area contributed by atoms with Crippen LogP contribution in [0, 0.1) is 11.7 Å². The van der Waals surface area contributed by atoms with Crippen LogP contribution in [-0.4, -0.2) is 51.1 Å². The summed E-state index contributed by atoms with van der Waals surface area (Å²) in [4.78, 5) is 30.7. The van der Waals surface area contributed by atoms with Gasteiger partial charge in [-0.3, -0.25) is 9.78 Å². The van der Waals surface area contributed by atoms with Crippen molar-refractivity contribution in [3.05, 3.63) is 36.8 Å². The Hall–Kier alpha value is -2.68. The van der Waals surface area contributed by atoms with Crippen molar-refractivity contribution >= 4 is 17.7 Å². The van der Waals surface area contributed by atoms with Crippen molar-refractivity contribution < 1.29 is 13.9 Å². The Morgan fingerprint density at radius 2 is 2.08 bits per heavy atom. The lowest BCUT2D eigenvalue weighted by molar-refractivity contribution is -0.121. The number of nitrogens with zero attached hydrogens (tertiary/aromatic N) is 5. The standard InChI is InChI=1S/C16H17FN6O2/c17-11-6-20-16(21-7-11)23-9-10(5-13-12(23)1-4-25-13)15(24)22-14-8-18-2-3-19-14/h2-3,6-8,10,12-13H,1,4-5,9H2,(H,19,22,24)/t10-,12-,13-/m1/s1. The van der Waals surface area contributed by atoms with Gasteiger partial charge in [0.05, 0.1) is 36.7 Å². The minimum atomic E-state index is -0.489. The zero-order valence-electron chi connectivity index (χ0n) is 13.4. The third kappa shape index (κ3) is 3.27. The van der Waals surface area contributed by atoms with Crippen molar-refractivity contribution in [2.24, 2.45) is 5.92 Å². The monoisotopic (exact) mass is 344 g/mol. The van der Waals surface area contributed by atoms with Gasteiger partial charge in [0.2, 0.25) is 11.9 Å². The average molecular weight is 344 g/mol. The first-order chi connectivity index (χ1) is 12.2. The molecule has 1 N–H and O–H groups in total. The third-order valence-electron chi connectivity index (χ3n) is 4.56. The van der Waals surface area contributed by atoms with E-state index in [0.29, 0.717) is 31.3 Å². The Kier molecular flexibility index (Phi) is 4.22. The summed E-state index contributed by atoms with van der Waals surface area (Å²) in [7, 11) is 0. The predicted octanol–water partition coefficient (Wildman–Crippen LogP) is 1.03. The van der Waals surface area contributed by atoms with Gasteiger partial charge in [-0.05, 0) is 12.8 Å². The molecular formula is C16H17FN6O2. The molecule has 2 aliphatic rings. The van der Waals surface area contributed by atoms with Gasteiger partial charge in [0.1, 0.15) is 0 Å². The number of aromatic nitrogens is 4. The van der Waals surface area contributed by atoms with Crippen molar-refractivity contribution in [2.75, 3.05) is 23.4 Å². The number of piperidine rings is 1. The Morgan fingerprint density at radius 1 is 1.24 bits per heavy atom. The summed E-state index contributed by atoms with van der Waals surface area (Å²) in [6.07, 6.45) is 8.22. The van der Waals surface area contributed by atoms with Gasteiger partial charge in [-0.1, -0.05) is 0 Å². The Bertz CT molecular complexity index is 744. The molecule has 2 fully saturated rings. The van der Waals surface area contributed by atoms with Gasteiger partial charge < -0.3 is 15.0 Å². The molecule has 0 aliphatic carbocycles. The maximum absolute atomic E-state index is 13.1. The van der Waals surface area contributed by atoms with Gasteiger partial charge >= 0.3 is 0 Å². The zero-order valence-corrected chi connectivity index (χ0v) is 13.4. The molecule has 1 amide bonds. The van der Waals surface area contributed by atoms with Crippen LogP contribution in [0.2, 0.25) is 0 Å². The Balaban J connectivity index is 1.53. The maximum atomic E-state index is 13.1. The van der Waals surface area contributed by atoms with Gasteiger partial charge in [0, 0.05) is 25.5 Å². The SMILES string of the molecule is O=C(Nc1cnccn1)[C@@H]1C[C@H]2OCC[C@H]2N(c2ncc(F)cn2)C1. The minimum absolute atomic E-state index is 0.0694. The number of amides is 1. The van der Waals surface area contributed by atoms with Crippen LogP contribution < -0.4 is 10.2 Å². The second kappa shape index (κ2) is 6.67. The molecule has 4 heterocycles. The predicted molar refractivity (Wildman–Crippen MR) is 86.2 cm³/mol. The van der Waals surface area contributed by atoms with Gasteiger partial charge in [-0.2, -0.15) is 0 Å². The highest BCUT2D eigenvalue weighted by Crippen LogP contribution is 2.33. The number of hydrogen-bond acceptors (Lipinski definition) is 7. The lowest BCUT2D eigenvalue weighted by atomic mass is 9.89. The Labute approximate surface area is 143 Å². The van der Waals surface area contributed by atoms with Crippen LogP contribution in [0.1, 0.15) is 12.8 Å². The highest BCUT2D eigenvalue weighted by molar-refractivity contribution is 5.92. The highest BCUT2D eigenvalue weighted by atomic mass is 19.1. The summed E-state index contributed by atoms with van der Waals surface area (Å²) >= 11 is 0. The summed E-state index contributed by atoms with van der Waals surface area (Å²) in [6, 6.07) is 0.103. The molecule has 3 atom stereocenters. The highest BCUT2D eigenvalue weighted by Gasteiger charge is 2.43. The van der Waals surface area contributed by atoms with Crippen molar-refractivity contribution in [3.8, 4) is 0 Å². The van der Waals surface area contributed by atoms with E-state index < -0.39 is 5.82 Å². The first-order valence-electron chi connectivity index (χ1n) is 8.13. The van der Waals surface area contributed by atoms with Crippen LogP contribution in [0.5, 0.6) is 0 Å². The fourth-order valence-corrected chi connectivity index (χ4v) is 3.41. The molecule has 9 heteroatoms. The average Bonchev–Trinajstić information content (AvgIpc) is 3.11. The molecule has 0 radical (unpaired) electrons. The number of carbonyl (C=O) groups excluding carboxylic acids is 1. The molecule has 2 aliphatic heterocycles. The quantitative estimate of drug-likeness (QED) is 0.889. The molecular weight excluding hydrogens is 327 g/mol. The molecule has 25 heavy (non-hydrogen) atoms. The lowest BCUT2D eigenvalue weighted by Gasteiger charge is -2.40. The number of carbonyl (C=O) groups is 1. The fraction of sp³-hybridized carbons (Fsp3) is 0.438. The van der Waals surface area contributed by atoms with Gasteiger partial charge in [0.15, 0.2) is 11.6 Å². The van der Waals surface area contributed by atoms with E-state index in [1.54, 1.807) is 6.20 Å². The summed E-state index contributed by atoms with van der Waals surface area (Å²) in [5.41, 5.74) is 0. The first kappa shape index (κ1) is 15.8. The molecule has 0 aromatic carbocycles. The fourth-order valence-electron chi connectivity index (χ4n) is 3.41. The molecule has 2 aromatic rings. The van der Waals surface area contributed by atoms with Gasteiger partial charge in [-0.25, -0.2) is 19.3 Å². The number of ether oxygens (including phenoxy) is 1. The summed E-state index contributed by atoms with van der Waals surface area (Å²) in [5, 5.41) is 2.78. The molecule has 2 saturated heterocycles. The van der Waals surface area contributed by atoms with Crippen molar-refractivity contribution in [1.29, 1.82) is 0 Å². The van der Waals surface area contributed by atoms with E-state index in [9.17, 15) is 9.18 Å². The zero-order chi connectivity index (χ0) is 17.2. The lowest BCUT2D eigenvalue weighted by Crippen LogP contribution is -2.52. The van der Waals surface area contributed by atoms with Crippen LogP contribution in [0.3, 0.4) is 0 Å². The normalized spacial score (nSPS) is 25.5. The smallest absolute Gasteiger partial charge is 0.230 e. The van der Waals surface area contributed by atoms with Crippen LogP contribution in [0.25, 0.3) is 0 Å². The minimum Gasteiger partial charge on any atom is -0.376 e. The second-order valence-electron chi connectivity index (χ2n) is 6.13. The van der Waals surface area contributed by atoms with E-state index in [4.69, 9.17) is 4.74 Å². The number of nitrogens with one attached hydrogen (secondary N) is 1. The topological polar surface area (TPSA) is 93.1 Å². The number of anilines is 2. The largest absolute Gasteiger partial charge is 0.376 e. The van der Waals surface area contributed by atoms with E-state index in [-0.39, 0.29) is 24.0 Å². The van der Waals surface area contributed by atoms with Crippen LogP contribution in [0.15, 0.2) is 31.0 Å². The molecule has 130 valence electrons. The number of rotatable bonds is 3. The molecule has 0 unspecified atom stereocenters. The van der Waals surface area contributed by atoms with Crippen molar-refractivity contribution in [3.63, 3.8) is 0 Å².